The van der Waals surface area contributed by atoms with Crippen molar-refractivity contribution in [3.63, 3.8) is 0 Å². The predicted octanol–water partition coefficient (Wildman–Crippen LogP) is 3.93. The maximum atomic E-state index is 10.9. The van der Waals surface area contributed by atoms with Crippen molar-refractivity contribution in [2.45, 2.75) is 64.1 Å². The number of hydrogen-bond acceptors (Lipinski definition) is 3. The van der Waals surface area contributed by atoms with E-state index >= 15 is 0 Å². The SMILES string of the molecule is C[CH]CC(=N)C1CCC(O)(c2ccc(C(C)(C)O)cc2)CC1. The second-order valence-electron chi connectivity index (χ2n) is 7.08. The molecule has 121 valence electrons. The molecule has 1 radical (unpaired) electrons. The van der Waals surface area contributed by atoms with E-state index in [1.165, 1.54) is 0 Å². The molecule has 0 bridgehead atoms. The van der Waals surface area contributed by atoms with E-state index in [9.17, 15) is 10.2 Å². The first-order valence-electron chi connectivity index (χ1n) is 8.17. The highest BCUT2D eigenvalue weighted by atomic mass is 16.3. The van der Waals surface area contributed by atoms with Gasteiger partial charge in [0, 0.05) is 5.71 Å². The summed E-state index contributed by atoms with van der Waals surface area (Å²) in [7, 11) is 0. The highest BCUT2D eigenvalue weighted by molar-refractivity contribution is 5.84. The average Bonchev–Trinajstić information content (AvgIpc) is 2.47. The van der Waals surface area contributed by atoms with Crippen LogP contribution in [0.1, 0.15) is 64.0 Å². The fourth-order valence-electron chi connectivity index (χ4n) is 3.31. The van der Waals surface area contributed by atoms with Crippen molar-refractivity contribution >= 4 is 5.71 Å². The molecule has 0 unspecified atom stereocenters. The number of benzene rings is 1. The van der Waals surface area contributed by atoms with Crippen LogP contribution < -0.4 is 0 Å². The summed E-state index contributed by atoms with van der Waals surface area (Å²) < 4.78 is 0. The van der Waals surface area contributed by atoms with E-state index < -0.39 is 11.2 Å². The molecule has 0 saturated heterocycles. The Labute approximate surface area is 133 Å². The molecule has 0 atom stereocenters. The van der Waals surface area contributed by atoms with Gasteiger partial charge in [-0.05, 0) is 69.4 Å². The van der Waals surface area contributed by atoms with Crippen LogP contribution in [-0.4, -0.2) is 15.9 Å². The highest BCUT2D eigenvalue weighted by Gasteiger charge is 2.35. The van der Waals surface area contributed by atoms with Crippen molar-refractivity contribution in [1.29, 1.82) is 5.41 Å². The van der Waals surface area contributed by atoms with Crippen LogP contribution in [0.25, 0.3) is 0 Å². The highest BCUT2D eigenvalue weighted by Crippen LogP contribution is 2.40. The lowest BCUT2D eigenvalue weighted by atomic mass is 9.73. The Morgan fingerprint density at radius 3 is 2.27 bits per heavy atom. The molecule has 0 spiro atoms. The summed E-state index contributed by atoms with van der Waals surface area (Å²) in [5.74, 6) is 0.312. The third kappa shape index (κ3) is 3.76. The summed E-state index contributed by atoms with van der Waals surface area (Å²) in [6.45, 7) is 5.51. The minimum absolute atomic E-state index is 0.312. The van der Waals surface area contributed by atoms with Crippen LogP contribution in [0, 0.1) is 17.7 Å². The zero-order valence-corrected chi connectivity index (χ0v) is 13.9. The van der Waals surface area contributed by atoms with Crippen molar-refractivity contribution in [1.82, 2.24) is 0 Å². The van der Waals surface area contributed by atoms with Crippen molar-refractivity contribution in [2.75, 3.05) is 0 Å². The monoisotopic (exact) mass is 302 g/mol. The van der Waals surface area contributed by atoms with Gasteiger partial charge >= 0.3 is 0 Å². The molecular formula is C19H28NO2. The van der Waals surface area contributed by atoms with E-state index in [-0.39, 0.29) is 0 Å². The van der Waals surface area contributed by atoms with Crippen molar-refractivity contribution in [2.24, 2.45) is 5.92 Å². The maximum absolute atomic E-state index is 10.9. The summed E-state index contributed by atoms with van der Waals surface area (Å²) in [6, 6.07) is 7.65. The molecule has 1 aromatic rings. The van der Waals surface area contributed by atoms with E-state index in [2.05, 4.69) is 0 Å². The zero-order chi connectivity index (χ0) is 16.4. The Kier molecular flexibility index (Phi) is 5.08. The smallest absolute Gasteiger partial charge is 0.0897 e. The van der Waals surface area contributed by atoms with Crippen molar-refractivity contribution in [3.8, 4) is 0 Å². The average molecular weight is 302 g/mol. The number of hydrogen-bond donors (Lipinski definition) is 3. The molecule has 3 heteroatoms. The molecule has 1 aliphatic carbocycles. The summed E-state index contributed by atoms with van der Waals surface area (Å²) >= 11 is 0. The maximum Gasteiger partial charge on any atom is 0.0897 e. The second kappa shape index (κ2) is 6.51. The van der Waals surface area contributed by atoms with Gasteiger partial charge in [0.15, 0.2) is 0 Å². The van der Waals surface area contributed by atoms with E-state index in [1.54, 1.807) is 13.8 Å². The fraction of sp³-hybridized carbons (Fsp3) is 0.579. The summed E-state index contributed by atoms with van der Waals surface area (Å²) in [4.78, 5) is 0. The molecule has 0 amide bonds. The quantitative estimate of drug-likeness (QED) is 0.722. The van der Waals surface area contributed by atoms with Gasteiger partial charge in [0.2, 0.25) is 0 Å². The molecule has 22 heavy (non-hydrogen) atoms. The summed E-state index contributed by atoms with van der Waals surface area (Å²) in [5.41, 5.74) is 0.929. The molecule has 0 heterocycles. The van der Waals surface area contributed by atoms with E-state index in [0.29, 0.717) is 18.8 Å². The normalized spacial score (nSPS) is 26.0. The molecule has 3 N–H and O–H groups in total. The van der Waals surface area contributed by atoms with Crippen LogP contribution in [0.3, 0.4) is 0 Å². The van der Waals surface area contributed by atoms with E-state index in [4.69, 9.17) is 5.41 Å². The molecular weight excluding hydrogens is 274 g/mol. The van der Waals surface area contributed by atoms with Gasteiger partial charge in [-0.1, -0.05) is 31.2 Å². The fourth-order valence-corrected chi connectivity index (χ4v) is 3.31. The number of nitrogens with one attached hydrogen (secondary N) is 1. The van der Waals surface area contributed by atoms with Crippen LogP contribution in [0.15, 0.2) is 24.3 Å². The Balaban J connectivity index is 2.05. The molecule has 3 nitrogen and oxygen atoms in total. The van der Waals surface area contributed by atoms with Gasteiger partial charge in [-0.3, -0.25) is 0 Å². The van der Waals surface area contributed by atoms with Crippen LogP contribution in [-0.2, 0) is 11.2 Å². The first-order chi connectivity index (χ1) is 10.3. The van der Waals surface area contributed by atoms with E-state index in [1.807, 2.05) is 37.6 Å². The Hall–Kier alpha value is -1.19. The van der Waals surface area contributed by atoms with Gasteiger partial charge in [0.25, 0.3) is 0 Å². The lowest BCUT2D eigenvalue weighted by Gasteiger charge is -2.37. The topological polar surface area (TPSA) is 64.3 Å². The van der Waals surface area contributed by atoms with Crippen molar-refractivity contribution < 1.29 is 10.2 Å². The van der Waals surface area contributed by atoms with Gasteiger partial charge in [-0.2, -0.15) is 0 Å². The Bertz CT molecular complexity index is 505. The van der Waals surface area contributed by atoms with Crippen LogP contribution >= 0.6 is 0 Å². The lowest BCUT2D eigenvalue weighted by molar-refractivity contribution is -0.00727. The van der Waals surface area contributed by atoms with Gasteiger partial charge in [-0.15, -0.1) is 0 Å². The minimum Gasteiger partial charge on any atom is -0.386 e. The third-order valence-electron chi connectivity index (χ3n) is 4.86. The molecule has 1 fully saturated rings. The largest absolute Gasteiger partial charge is 0.386 e. The van der Waals surface area contributed by atoms with Gasteiger partial charge in [-0.25, -0.2) is 0 Å². The van der Waals surface area contributed by atoms with Crippen molar-refractivity contribution in [3.05, 3.63) is 41.8 Å². The van der Waals surface area contributed by atoms with Gasteiger partial charge < -0.3 is 15.6 Å². The lowest BCUT2D eigenvalue weighted by Crippen LogP contribution is -2.33. The Morgan fingerprint density at radius 2 is 1.82 bits per heavy atom. The number of aliphatic hydroxyl groups is 2. The van der Waals surface area contributed by atoms with Crippen LogP contribution in [0.2, 0.25) is 0 Å². The van der Waals surface area contributed by atoms with Crippen LogP contribution in [0.5, 0.6) is 0 Å². The standard InChI is InChI=1S/C19H28NO2/c1-4-5-17(20)14-10-12-19(22,13-11-14)16-8-6-15(7-9-16)18(2,3)21/h4,6-9,14,20-22H,5,10-13H2,1-3H3. The third-order valence-corrected chi connectivity index (χ3v) is 4.86. The Morgan fingerprint density at radius 1 is 1.27 bits per heavy atom. The van der Waals surface area contributed by atoms with Gasteiger partial charge in [0.05, 0.1) is 11.2 Å². The second-order valence-corrected chi connectivity index (χ2v) is 7.08. The van der Waals surface area contributed by atoms with Crippen LogP contribution in [0.4, 0.5) is 0 Å². The number of rotatable bonds is 5. The minimum atomic E-state index is -0.857. The molecule has 1 aromatic carbocycles. The molecule has 1 saturated carbocycles. The molecule has 2 rings (SSSR count). The van der Waals surface area contributed by atoms with E-state index in [0.717, 1.165) is 36.1 Å². The first kappa shape index (κ1) is 17.2. The predicted molar refractivity (Wildman–Crippen MR) is 89.9 cm³/mol. The zero-order valence-electron chi connectivity index (χ0n) is 13.9. The molecule has 1 aliphatic rings. The molecule has 0 aromatic heterocycles. The summed E-state index contributed by atoms with van der Waals surface area (Å²) in [6.07, 6.45) is 5.92. The first-order valence-corrected chi connectivity index (χ1v) is 8.17. The summed E-state index contributed by atoms with van der Waals surface area (Å²) in [5, 5.41) is 29.0. The van der Waals surface area contributed by atoms with Gasteiger partial charge in [0.1, 0.15) is 0 Å². The molecule has 0 aliphatic heterocycles.